The first kappa shape index (κ1) is 20.9. The molecule has 1 aliphatic heterocycles. The fraction of sp³-hybridized carbons (Fsp3) is 0.562. The van der Waals surface area contributed by atoms with Crippen molar-refractivity contribution in [3.63, 3.8) is 0 Å². The summed E-state index contributed by atoms with van der Waals surface area (Å²) in [5, 5.41) is 0. The molecular formula is C16H25ClN2O4S. The van der Waals surface area contributed by atoms with Gasteiger partial charge in [-0.3, -0.25) is 0 Å². The number of nitrogens with two attached hydrogens (primary N) is 1. The zero-order valence-corrected chi connectivity index (χ0v) is 15.8. The van der Waals surface area contributed by atoms with E-state index in [2.05, 4.69) is 0 Å². The minimum absolute atomic E-state index is 0. The van der Waals surface area contributed by atoms with Crippen molar-refractivity contribution in [2.45, 2.75) is 38.1 Å². The van der Waals surface area contributed by atoms with E-state index in [-0.39, 0.29) is 35.4 Å². The molecule has 1 heterocycles. The lowest BCUT2D eigenvalue weighted by molar-refractivity contribution is 0.0526. The second-order valence-electron chi connectivity index (χ2n) is 6.47. The summed E-state index contributed by atoms with van der Waals surface area (Å²) in [6, 6.07) is 5.84. The Kier molecular flexibility index (Phi) is 6.81. The van der Waals surface area contributed by atoms with E-state index in [0.29, 0.717) is 25.1 Å². The van der Waals surface area contributed by atoms with Gasteiger partial charge in [0.25, 0.3) is 0 Å². The van der Waals surface area contributed by atoms with Crippen LogP contribution >= 0.6 is 12.4 Å². The second kappa shape index (κ2) is 7.82. The molecule has 0 saturated carbocycles. The lowest BCUT2D eigenvalue weighted by Gasteiger charge is -2.41. The van der Waals surface area contributed by atoms with Gasteiger partial charge in [-0.15, -0.1) is 12.4 Å². The number of hydrogen-bond acceptors (Lipinski definition) is 5. The molecule has 1 atom stereocenters. The number of piperidine rings is 1. The molecule has 2 N–H and O–H groups in total. The van der Waals surface area contributed by atoms with Crippen LogP contribution in [0.4, 0.5) is 0 Å². The van der Waals surface area contributed by atoms with Gasteiger partial charge in [0.1, 0.15) is 0 Å². The fourth-order valence-corrected chi connectivity index (χ4v) is 4.28. The summed E-state index contributed by atoms with van der Waals surface area (Å²) in [6.07, 6.45) is 0.632. The van der Waals surface area contributed by atoms with Crippen molar-refractivity contribution in [3.05, 3.63) is 29.8 Å². The van der Waals surface area contributed by atoms with E-state index in [9.17, 15) is 13.2 Å². The predicted octanol–water partition coefficient (Wildman–Crippen LogP) is 2.03. The topological polar surface area (TPSA) is 89.7 Å². The van der Waals surface area contributed by atoms with E-state index in [0.717, 1.165) is 0 Å². The van der Waals surface area contributed by atoms with E-state index in [1.807, 2.05) is 13.8 Å². The van der Waals surface area contributed by atoms with E-state index in [1.165, 1.54) is 28.6 Å². The molecule has 1 unspecified atom stereocenters. The van der Waals surface area contributed by atoms with Crippen LogP contribution < -0.4 is 5.73 Å². The number of rotatable bonds is 4. The highest BCUT2D eigenvalue weighted by molar-refractivity contribution is 7.89. The number of benzene rings is 1. The number of carbonyl (C=O) groups is 1. The van der Waals surface area contributed by atoms with Gasteiger partial charge in [0.05, 0.1) is 17.1 Å². The third kappa shape index (κ3) is 4.27. The first-order chi connectivity index (χ1) is 10.7. The summed E-state index contributed by atoms with van der Waals surface area (Å²) in [7, 11) is -3.59. The second-order valence-corrected chi connectivity index (χ2v) is 8.41. The van der Waals surface area contributed by atoms with Gasteiger partial charge in [-0.05, 0) is 43.0 Å². The molecule has 1 saturated heterocycles. The van der Waals surface area contributed by atoms with E-state index < -0.39 is 16.0 Å². The smallest absolute Gasteiger partial charge is 0.338 e. The average molecular weight is 377 g/mol. The van der Waals surface area contributed by atoms with Gasteiger partial charge >= 0.3 is 5.97 Å². The number of hydrogen-bond donors (Lipinski definition) is 1. The lowest BCUT2D eigenvalue weighted by atomic mass is 9.81. The van der Waals surface area contributed by atoms with Crippen molar-refractivity contribution >= 4 is 28.4 Å². The molecule has 1 aromatic carbocycles. The molecular weight excluding hydrogens is 352 g/mol. The molecule has 1 aromatic rings. The quantitative estimate of drug-likeness (QED) is 0.812. The Hall–Kier alpha value is -1.15. The maximum absolute atomic E-state index is 12.8. The van der Waals surface area contributed by atoms with Crippen molar-refractivity contribution in [2.24, 2.45) is 11.1 Å². The van der Waals surface area contributed by atoms with Crippen molar-refractivity contribution < 1.29 is 17.9 Å². The van der Waals surface area contributed by atoms with Gasteiger partial charge in [-0.25, -0.2) is 13.2 Å². The van der Waals surface area contributed by atoms with Gasteiger partial charge < -0.3 is 10.5 Å². The van der Waals surface area contributed by atoms with Gasteiger partial charge in [0, 0.05) is 19.1 Å². The number of carbonyl (C=O) groups excluding carboxylic acids is 1. The van der Waals surface area contributed by atoms with Crippen molar-refractivity contribution in [3.8, 4) is 0 Å². The Balaban J connectivity index is 0.00000288. The summed E-state index contributed by atoms with van der Waals surface area (Å²) in [4.78, 5) is 11.8. The normalized spacial score (nSPS) is 20.9. The molecule has 0 aliphatic carbocycles. The Morgan fingerprint density at radius 1 is 1.33 bits per heavy atom. The van der Waals surface area contributed by atoms with Gasteiger partial charge in [-0.1, -0.05) is 13.8 Å². The van der Waals surface area contributed by atoms with Gasteiger partial charge in [0.15, 0.2) is 0 Å². The summed E-state index contributed by atoms with van der Waals surface area (Å²) in [6.45, 7) is 6.75. The maximum atomic E-state index is 12.8. The maximum Gasteiger partial charge on any atom is 0.338 e. The zero-order chi connectivity index (χ0) is 17.3. The molecule has 8 heteroatoms. The van der Waals surface area contributed by atoms with Crippen LogP contribution in [0, 0.1) is 5.41 Å². The third-order valence-corrected chi connectivity index (χ3v) is 6.14. The summed E-state index contributed by atoms with van der Waals surface area (Å²) < 4.78 is 31.9. The highest BCUT2D eigenvalue weighted by Gasteiger charge is 2.38. The minimum Gasteiger partial charge on any atom is -0.462 e. The monoisotopic (exact) mass is 376 g/mol. The highest BCUT2D eigenvalue weighted by atomic mass is 35.5. The Morgan fingerprint density at radius 2 is 1.92 bits per heavy atom. The number of ether oxygens (including phenoxy) is 1. The van der Waals surface area contributed by atoms with Crippen LogP contribution in [0.25, 0.3) is 0 Å². The average Bonchev–Trinajstić information content (AvgIpc) is 2.50. The minimum atomic E-state index is -3.59. The Morgan fingerprint density at radius 3 is 2.42 bits per heavy atom. The molecule has 0 spiro atoms. The zero-order valence-electron chi connectivity index (χ0n) is 14.2. The first-order valence-corrected chi connectivity index (χ1v) is 9.15. The van der Waals surface area contributed by atoms with Crippen LogP contribution in [0.1, 0.15) is 37.6 Å². The summed E-state index contributed by atoms with van der Waals surface area (Å²) >= 11 is 0. The number of halogens is 1. The first-order valence-electron chi connectivity index (χ1n) is 7.71. The molecule has 0 amide bonds. The van der Waals surface area contributed by atoms with Crippen LogP contribution in [0.3, 0.4) is 0 Å². The molecule has 1 fully saturated rings. The molecule has 6 nitrogen and oxygen atoms in total. The summed E-state index contributed by atoms with van der Waals surface area (Å²) in [5.74, 6) is -0.457. The standard InChI is InChI=1S/C16H24N2O4S.ClH/c1-4-22-15(19)12-5-7-13(8-6-12)23(20,21)18-10-9-14(17)16(2,3)11-18;/h5-8,14H,4,9-11,17H2,1-3H3;1H. The van der Waals surface area contributed by atoms with E-state index in [1.54, 1.807) is 6.92 Å². The van der Waals surface area contributed by atoms with Crippen LogP contribution in [-0.2, 0) is 14.8 Å². The lowest BCUT2D eigenvalue weighted by Crippen LogP contribution is -2.53. The van der Waals surface area contributed by atoms with E-state index >= 15 is 0 Å². The number of nitrogens with zero attached hydrogens (tertiary/aromatic N) is 1. The third-order valence-electron chi connectivity index (χ3n) is 4.28. The van der Waals surface area contributed by atoms with Crippen molar-refractivity contribution in [1.82, 2.24) is 4.31 Å². The number of sulfonamides is 1. The van der Waals surface area contributed by atoms with Crippen molar-refractivity contribution in [1.29, 1.82) is 0 Å². The predicted molar refractivity (Wildman–Crippen MR) is 94.8 cm³/mol. The fourth-order valence-electron chi connectivity index (χ4n) is 2.66. The molecule has 24 heavy (non-hydrogen) atoms. The SMILES string of the molecule is CCOC(=O)c1ccc(S(=O)(=O)N2CCC(N)C(C)(C)C2)cc1.Cl. The molecule has 136 valence electrons. The van der Waals surface area contributed by atoms with Crippen LogP contribution in [-0.4, -0.2) is 44.4 Å². The molecule has 0 aromatic heterocycles. The largest absolute Gasteiger partial charge is 0.462 e. The number of esters is 1. The van der Waals surface area contributed by atoms with Crippen LogP contribution in [0.15, 0.2) is 29.2 Å². The molecule has 2 rings (SSSR count). The van der Waals surface area contributed by atoms with Gasteiger partial charge in [-0.2, -0.15) is 4.31 Å². The summed E-state index contributed by atoms with van der Waals surface area (Å²) in [5.41, 5.74) is 6.14. The Labute approximate surface area is 149 Å². The van der Waals surface area contributed by atoms with Gasteiger partial charge in [0.2, 0.25) is 10.0 Å². The molecule has 0 bridgehead atoms. The van der Waals surface area contributed by atoms with E-state index in [4.69, 9.17) is 10.5 Å². The van der Waals surface area contributed by atoms with Crippen LogP contribution in [0.5, 0.6) is 0 Å². The Bertz CT molecular complexity index is 674. The molecule has 0 radical (unpaired) electrons. The molecule has 1 aliphatic rings. The van der Waals surface area contributed by atoms with Crippen LogP contribution in [0.2, 0.25) is 0 Å². The highest BCUT2D eigenvalue weighted by Crippen LogP contribution is 2.31. The van der Waals surface area contributed by atoms with Crippen molar-refractivity contribution in [2.75, 3.05) is 19.7 Å².